The molecule has 0 aliphatic carbocycles. The predicted octanol–water partition coefficient (Wildman–Crippen LogP) is -1.51. The number of hydrogen-bond acceptors (Lipinski definition) is 0. The Hall–Kier alpha value is -1.05. The van der Waals surface area contributed by atoms with E-state index in [0.717, 1.165) is 6.54 Å². The summed E-state index contributed by atoms with van der Waals surface area (Å²) >= 11 is 0. The number of hydrogen-bond donors (Lipinski definition) is 1. The molecule has 2 rings (SSSR count). The maximum Gasteiger partial charge on any atom is 0.103 e. The van der Waals surface area contributed by atoms with Crippen LogP contribution in [0.15, 0.2) is 42.5 Å². The Balaban J connectivity index is 0.00000112. The number of quaternary nitrogens is 1. The highest BCUT2D eigenvalue weighted by Crippen LogP contribution is 2.17. The maximum absolute atomic E-state index is 2.22. The molecule has 2 aromatic rings. The van der Waals surface area contributed by atoms with E-state index >= 15 is 0 Å². The van der Waals surface area contributed by atoms with Gasteiger partial charge in [0, 0.05) is 5.56 Å². The fraction of sp³-hybridized carbons (Fsp3) is 0.231. The van der Waals surface area contributed by atoms with Crippen LogP contribution >= 0.6 is 0 Å². The van der Waals surface area contributed by atoms with Crippen molar-refractivity contribution in [1.29, 1.82) is 0 Å². The Labute approximate surface area is 97.1 Å². The summed E-state index contributed by atoms with van der Waals surface area (Å²) < 4.78 is 0. The molecule has 0 fully saturated rings. The van der Waals surface area contributed by atoms with Crippen LogP contribution in [-0.2, 0) is 6.54 Å². The van der Waals surface area contributed by atoms with Crippen molar-refractivity contribution < 1.29 is 17.3 Å². The minimum absolute atomic E-state index is 0. The number of benzene rings is 2. The molecule has 0 aliphatic rings. The van der Waals surface area contributed by atoms with Gasteiger partial charge in [-0.25, -0.2) is 0 Å². The highest BCUT2D eigenvalue weighted by molar-refractivity contribution is 5.85. The Kier molecular flexibility index (Phi) is 4.13. The van der Waals surface area contributed by atoms with Crippen LogP contribution in [0.5, 0.6) is 0 Å². The quantitative estimate of drug-likeness (QED) is 0.629. The first-order valence-electron chi connectivity index (χ1n) is 5.03. The topological polar surface area (TPSA) is 4.44 Å². The maximum atomic E-state index is 2.22. The average molecular weight is 222 g/mol. The zero-order chi connectivity index (χ0) is 9.97. The van der Waals surface area contributed by atoms with Crippen LogP contribution in [0.4, 0.5) is 0 Å². The summed E-state index contributed by atoms with van der Waals surface area (Å²) in [6.45, 7) is 1.08. The van der Waals surface area contributed by atoms with Gasteiger partial charge in [-0.05, 0) is 10.8 Å². The summed E-state index contributed by atoms with van der Waals surface area (Å²) in [5.41, 5.74) is 1.43. The molecule has 0 amide bonds. The zero-order valence-corrected chi connectivity index (χ0v) is 9.88. The molecule has 0 saturated heterocycles. The number of nitrogens with one attached hydrogen (secondary N) is 1. The van der Waals surface area contributed by atoms with E-state index in [0.29, 0.717) is 0 Å². The van der Waals surface area contributed by atoms with Gasteiger partial charge in [0.1, 0.15) is 6.54 Å². The fourth-order valence-electron chi connectivity index (χ4n) is 1.83. The molecule has 0 unspecified atom stereocenters. The molecule has 0 aromatic heterocycles. The Morgan fingerprint density at radius 3 is 2.33 bits per heavy atom. The minimum Gasteiger partial charge on any atom is -1.00 e. The zero-order valence-electron chi connectivity index (χ0n) is 9.13. The van der Waals surface area contributed by atoms with E-state index < -0.39 is 0 Å². The summed E-state index contributed by atoms with van der Waals surface area (Å²) in [6, 6.07) is 15.1. The third-order valence-electron chi connectivity index (χ3n) is 2.42. The van der Waals surface area contributed by atoms with Crippen molar-refractivity contribution in [1.82, 2.24) is 0 Å². The van der Waals surface area contributed by atoms with Crippen LogP contribution in [0.2, 0.25) is 0 Å². The third kappa shape index (κ3) is 2.71. The molecular weight excluding hydrogens is 206 g/mol. The summed E-state index contributed by atoms with van der Waals surface area (Å²) in [7, 11) is 4.36. The highest BCUT2D eigenvalue weighted by atomic mass is 35.5. The fourth-order valence-corrected chi connectivity index (χ4v) is 1.83. The van der Waals surface area contributed by atoms with Gasteiger partial charge < -0.3 is 17.3 Å². The third-order valence-corrected chi connectivity index (χ3v) is 2.42. The van der Waals surface area contributed by atoms with Gasteiger partial charge in [-0.2, -0.15) is 0 Å². The van der Waals surface area contributed by atoms with Crippen molar-refractivity contribution in [2.45, 2.75) is 6.54 Å². The van der Waals surface area contributed by atoms with E-state index in [1.807, 2.05) is 0 Å². The lowest BCUT2D eigenvalue weighted by molar-refractivity contribution is -0.872. The molecule has 0 heterocycles. The lowest BCUT2D eigenvalue weighted by Crippen LogP contribution is -3.04. The minimum atomic E-state index is 0. The van der Waals surface area contributed by atoms with Gasteiger partial charge in [0.2, 0.25) is 0 Å². The molecule has 0 saturated carbocycles. The summed E-state index contributed by atoms with van der Waals surface area (Å²) in [5.74, 6) is 0. The van der Waals surface area contributed by atoms with E-state index in [-0.39, 0.29) is 12.4 Å². The number of rotatable bonds is 2. The Morgan fingerprint density at radius 2 is 1.60 bits per heavy atom. The van der Waals surface area contributed by atoms with E-state index in [9.17, 15) is 0 Å². The van der Waals surface area contributed by atoms with Gasteiger partial charge in [-0.3, -0.25) is 0 Å². The number of halogens is 1. The first-order chi connectivity index (χ1) is 6.77. The molecule has 15 heavy (non-hydrogen) atoms. The van der Waals surface area contributed by atoms with Gasteiger partial charge in [0.15, 0.2) is 0 Å². The second kappa shape index (κ2) is 5.15. The van der Waals surface area contributed by atoms with Gasteiger partial charge in [0.05, 0.1) is 14.1 Å². The first-order valence-corrected chi connectivity index (χ1v) is 5.03. The van der Waals surface area contributed by atoms with Crippen LogP contribution in [-0.4, -0.2) is 14.1 Å². The van der Waals surface area contributed by atoms with Crippen molar-refractivity contribution >= 4 is 10.8 Å². The van der Waals surface area contributed by atoms with Gasteiger partial charge in [-0.15, -0.1) is 0 Å². The average Bonchev–Trinajstić information content (AvgIpc) is 2.18. The number of fused-ring (bicyclic) bond motifs is 1. The molecule has 0 bridgehead atoms. The first kappa shape index (κ1) is 12.0. The van der Waals surface area contributed by atoms with Crippen molar-refractivity contribution in [2.75, 3.05) is 14.1 Å². The van der Waals surface area contributed by atoms with Crippen molar-refractivity contribution in [3.63, 3.8) is 0 Å². The molecule has 0 atom stereocenters. The van der Waals surface area contributed by atoms with Crippen molar-refractivity contribution in [3.8, 4) is 0 Å². The van der Waals surface area contributed by atoms with E-state index in [2.05, 4.69) is 56.6 Å². The van der Waals surface area contributed by atoms with Gasteiger partial charge in [0.25, 0.3) is 0 Å². The van der Waals surface area contributed by atoms with Gasteiger partial charge in [-0.1, -0.05) is 42.5 Å². The standard InChI is InChI=1S/C13H15N.ClH/c1-14(2)10-12-8-5-7-11-6-3-4-9-13(11)12;/h3-9H,10H2,1-2H3;1H. The largest absolute Gasteiger partial charge is 1.00 e. The lowest BCUT2D eigenvalue weighted by Gasteiger charge is -2.09. The molecule has 80 valence electrons. The summed E-state index contributed by atoms with van der Waals surface area (Å²) in [5, 5.41) is 2.72. The molecule has 0 radical (unpaired) electrons. The Bertz CT molecular complexity index is 432. The van der Waals surface area contributed by atoms with Crippen LogP contribution in [0, 0.1) is 0 Å². The summed E-state index contributed by atoms with van der Waals surface area (Å²) in [4.78, 5) is 1.46. The molecule has 2 heteroatoms. The molecule has 0 spiro atoms. The van der Waals surface area contributed by atoms with Gasteiger partial charge >= 0.3 is 0 Å². The molecule has 2 aromatic carbocycles. The molecule has 1 nitrogen and oxygen atoms in total. The second-order valence-electron chi connectivity index (χ2n) is 4.02. The summed E-state index contributed by atoms with van der Waals surface area (Å²) in [6.07, 6.45) is 0. The predicted molar refractivity (Wildman–Crippen MR) is 60.5 cm³/mol. The molecule has 0 aliphatic heterocycles. The molecule has 1 N–H and O–H groups in total. The monoisotopic (exact) mass is 221 g/mol. The lowest BCUT2D eigenvalue weighted by atomic mass is 10.0. The van der Waals surface area contributed by atoms with Crippen LogP contribution in [0.3, 0.4) is 0 Å². The van der Waals surface area contributed by atoms with Crippen LogP contribution in [0.25, 0.3) is 10.8 Å². The van der Waals surface area contributed by atoms with Crippen LogP contribution in [0.1, 0.15) is 5.56 Å². The molecular formula is C13H16ClN. The van der Waals surface area contributed by atoms with Crippen LogP contribution < -0.4 is 17.3 Å². The normalized spacial score (nSPS) is 10.3. The Morgan fingerprint density at radius 1 is 0.933 bits per heavy atom. The van der Waals surface area contributed by atoms with Crippen molar-refractivity contribution in [3.05, 3.63) is 48.0 Å². The highest BCUT2D eigenvalue weighted by Gasteiger charge is 2.02. The smallest absolute Gasteiger partial charge is 0.103 e. The van der Waals surface area contributed by atoms with E-state index in [1.54, 1.807) is 0 Å². The SMILES string of the molecule is C[NH+](C)Cc1cccc2ccccc12.[Cl-]. The van der Waals surface area contributed by atoms with E-state index in [1.165, 1.54) is 21.2 Å². The second-order valence-corrected chi connectivity index (χ2v) is 4.02. The van der Waals surface area contributed by atoms with Crippen molar-refractivity contribution in [2.24, 2.45) is 0 Å². The van der Waals surface area contributed by atoms with E-state index in [4.69, 9.17) is 0 Å².